The van der Waals surface area contributed by atoms with E-state index < -0.39 is 7.12 Å². The van der Waals surface area contributed by atoms with Crippen LogP contribution >= 0.6 is 0 Å². The van der Waals surface area contributed by atoms with Crippen LogP contribution in [0, 0.1) is 5.92 Å². The summed E-state index contributed by atoms with van der Waals surface area (Å²) >= 11 is 0. The van der Waals surface area contributed by atoms with Crippen molar-refractivity contribution in [3.05, 3.63) is 53.6 Å². The number of carbonyl (C=O) groups is 1. The number of hydrogen-bond donors (Lipinski definition) is 2. The maximum atomic E-state index is 11.5. The highest BCUT2D eigenvalue weighted by Gasteiger charge is 2.19. The normalized spacial score (nSPS) is 10.8. The number of carbonyl (C=O) groups excluding carboxylic acids is 1. The minimum atomic E-state index is -1.65. The number of benzene rings is 2. The van der Waals surface area contributed by atoms with Crippen molar-refractivity contribution in [2.75, 3.05) is 0 Å². The zero-order valence-electron chi connectivity index (χ0n) is 13.2. The van der Waals surface area contributed by atoms with Gasteiger partial charge in [-0.1, -0.05) is 56.3 Å². The third-order valence-corrected chi connectivity index (χ3v) is 3.64. The lowest BCUT2D eigenvalue weighted by molar-refractivity contribution is 0.101. The van der Waals surface area contributed by atoms with E-state index in [9.17, 15) is 14.8 Å². The third kappa shape index (κ3) is 3.84. The van der Waals surface area contributed by atoms with Gasteiger partial charge in [0.15, 0.2) is 5.78 Å². The summed E-state index contributed by atoms with van der Waals surface area (Å²) in [5.74, 6) is 0.429. The Balaban J connectivity index is 2.36. The number of rotatable bonds is 5. The molecular weight excluding hydrogens is 275 g/mol. The minimum Gasteiger partial charge on any atom is -0.423 e. The highest BCUT2D eigenvalue weighted by Crippen LogP contribution is 2.21. The molecule has 0 bridgehead atoms. The average molecular weight is 296 g/mol. The van der Waals surface area contributed by atoms with Gasteiger partial charge in [0.1, 0.15) is 0 Å². The zero-order valence-corrected chi connectivity index (χ0v) is 13.2. The minimum absolute atomic E-state index is 0.179. The lowest BCUT2D eigenvalue weighted by Gasteiger charge is -2.10. The van der Waals surface area contributed by atoms with E-state index in [0.29, 0.717) is 11.5 Å². The summed E-state index contributed by atoms with van der Waals surface area (Å²) < 4.78 is 0. The molecule has 0 spiro atoms. The molecule has 2 rings (SSSR count). The van der Waals surface area contributed by atoms with Crippen molar-refractivity contribution < 1.29 is 14.8 Å². The van der Waals surface area contributed by atoms with Crippen LogP contribution in [-0.2, 0) is 6.42 Å². The molecule has 0 aromatic heterocycles. The summed E-state index contributed by atoms with van der Waals surface area (Å²) in [6.07, 6.45) is 1.03. The van der Waals surface area contributed by atoms with E-state index in [4.69, 9.17) is 0 Å². The van der Waals surface area contributed by atoms with Gasteiger partial charge in [0.2, 0.25) is 0 Å². The monoisotopic (exact) mass is 296 g/mol. The van der Waals surface area contributed by atoms with Crippen LogP contribution in [0.2, 0.25) is 0 Å². The van der Waals surface area contributed by atoms with Crippen LogP contribution in [0.5, 0.6) is 0 Å². The van der Waals surface area contributed by atoms with Crippen LogP contribution in [0.1, 0.15) is 36.7 Å². The molecule has 2 N–H and O–H groups in total. The molecule has 0 heterocycles. The van der Waals surface area contributed by atoms with E-state index in [1.807, 2.05) is 18.2 Å². The molecule has 114 valence electrons. The molecule has 0 aliphatic carbocycles. The van der Waals surface area contributed by atoms with Gasteiger partial charge in [-0.15, -0.1) is 0 Å². The SMILES string of the molecule is CC(=O)c1ccc(-c2ccc(CC(C)C)cc2)cc1B(O)O. The highest BCUT2D eigenvalue weighted by molar-refractivity contribution is 6.60. The molecule has 0 radical (unpaired) electrons. The Morgan fingerprint density at radius 3 is 2.14 bits per heavy atom. The maximum absolute atomic E-state index is 11.5. The quantitative estimate of drug-likeness (QED) is 0.658. The molecule has 0 atom stereocenters. The molecule has 0 aliphatic rings. The number of hydrogen-bond acceptors (Lipinski definition) is 3. The zero-order chi connectivity index (χ0) is 16.3. The van der Waals surface area contributed by atoms with Gasteiger partial charge in [0.25, 0.3) is 0 Å². The molecule has 4 heteroatoms. The topological polar surface area (TPSA) is 57.5 Å². The summed E-state index contributed by atoms with van der Waals surface area (Å²) in [4.78, 5) is 11.5. The second-order valence-electron chi connectivity index (χ2n) is 6.03. The van der Waals surface area contributed by atoms with E-state index >= 15 is 0 Å². The fraction of sp³-hybridized carbons (Fsp3) is 0.278. The van der Waals surface area contributed by atoms with E-state index in [1.54, 1.807) is 12.1 Å². The first-order chi connectivity index (χ1) is 10.4. The highest BCUT2D eigenvalue weighted by atomic mass is 16.4. The first-order valence-corrected chi connectivity index (χ1v) is 7.49. The molecule has 0 fully saturated rings. The summed E-state index contributed by atoms with van der Waals surface area (Å²) in [6.45, 7) is 5.79. The Labute approximate surface area is 131 Å². The van der Waals surface area contributed by atoms with Crippen LogP contribution < -0.4 is 5.46 Å². The number of ketones is 1. The lowest BCUT2D eigenvalue weighted by atomic mass is 9.75. The Kier molecular flexibility index (Phi) is 5.17. The first-order valence-electron chi connectivity index (χ1n) is 7.49. The van der Waals surface area contributed by atoms with Crippen molar-refractivity contribution in [1.29, 1.82) is 0 Å². The molecule has 3 nitrogen and oxygen atoms in total. The standard InChI is InChI=1S/C18H21BO3/c1-12(2)10-14-4-6-15(7-5-14)16-8-9-17(13(3)20)18(11-16)19(21)22/h4-9,11-12,21-22H,10H2,1-3H3. The van der Waals surface area contributed by atoms with Crippen LogP contribution in [0.25, 0.3) is 11.1 Å². The summed E-state index contributed by atoms with van der Waals surface area (Å²) in [7, 11) is -1.65. The van der Waals surface area contributed by atoms with Gasteiger partial charge in [0.05, 0.1) is 0 Å². The molecular formula is C18H21BO3. The Morgan fingerprint density at radius 2 is 1.64 bits per heavy atom. The predicted molar refractivity (Wildman–Crippen MR) is 90.3 cm³/mol. The second-order valence-corrected chi connectivity index (χ2v) is 6.03. The van der Waals surface area contributed by atoms with Crippen molar-refractivity contribution in [2.24, 2.45) is 5.92 Å². The third-order valence-electron chi connectivity index (χ3n) is 3.64. The van der Waals surface area contributed by atoms with Gasteiger partial charge >= 0.3 is 7.12 Å². The van der Waals surface area contributed by atoms with E-state index in [2.05, 4.69) is 26.0 Å². The van der Waals surface area contributed by atoms with Crippen LogP contribution in [-0.4, -0.2) is 22.9 Å². The van der Waals surface area contributed by atoms with Crippen LogP contribution in [0.4, 0.5) is 0 Å². The number of Topliss-reactive ketones (excluding diaryl/α,β-unsaturated/α-hetero) is 1. The molecule has 0 saturated heterocycles. The molecule has 0 amide bonds. The lowest BCUT2D eigenvalue weighted by Crippen LogP contribution is -2.34. The fourth-order valence-corrected chi connectivity index (χ4v) is 2.58. The van der Waals surface area contributed by atoms with Gasteiger partial charge in [0, 0.05) is 5.56 Å². The Bertz CT molecular complexity index is 661. The van der Waals surface area contributed by atoms with Gasteiger partial charge in [-0.3, -0.25) is 4.79 Å². The largest absolute Gasteiger partial charge is 0.489 e. The average Bonchev–Trinajstić information content (AvgIpc) is 2.46. The van der Waals surface area contributed by atoms with Gasteiger partial charge in [-0.05, 0) is 41.4 Å². The van der Waals surface area contributed by atoms with Crippen molar-refractivity contribution in [1.82, 2.24) is 0 Å². The summed E-state index contributed by atoms with van der Waals surface area (Å²) in [5.41, 5.74) is 3.72. The van der Waals surface area contributed by atoms with Crippen LogP contribution in [0.15, 0.2) is 42.5 Å². The first kappa shape index (κ1) is 16.5. The maximum Gasteiger partial charge on any atom is 0.489 e. The predicted octanol–water partition coefficient (Wildman–Crippen LogP) is 2.43. The second kappa shape index (κ2) is 6.90. The molecule has 2 aromatic rings. The van der Waals surface area contributed by atoms with Crippen molar-refractivity contribution in [3.8, 4) is 11.1 Å². The molecule has 0 saturated carbocycles. The molecule has 22 heavy (non-hydrogen) atoms. The molecule has 0 unspecified atom stereocenters. The van der Waals surface area contributed by atoms with Gasteiger partial charge < -0.3 is 10.0 Å². The van der Waals surface area contributed by atoms with E-state index in [1.165, 1.54) is 12.5 Å². The summed E-state index contributed by atoms with van der Waals surface area (Å²) in [6, 6.07) is 13.4. The van der Waals surface area contributed by atoms with Gasteiger partial charge in [-0.25, -0.2) is 0 Å². The molecule has 0 aliphatic heterocycles. The van der Waals surface area contributed by atoms with Crippen molar-refractivity contribution >= 4 is 18.4 Å². The van der Waals surface area contributed by atoms with E-state index in [-0.39, 0.29) is 11.2 Å². The van der Waals surface area contributed by atoms with E-state index in [0.717, 1.165) is 17.5 Å². The Morgan fingerprint density at radius 1 is 1.05 bits per heavy atom. The van der Waals surface area contributed by atoms with Crippen LogP contribution in [0.3, 0.4) is 0 Å². The van der Waals surface area contributed by atoms with Crippen molar-refractivity contribution in [3.63, 3.8) is 0 Å². The van der Waals surface area contributed by atoms with Gasteiger partial charge in [-0.2, -0.15) is 0 Å². The smallest absolute Gasteiger partial charge is 0.423 e. The Hall–Kier alpha value is -1.91. The molecule has 2 aromatic carbocycles. The summed E-state index contributed by atoms with van der Waals surface area (Å²) in [5, 5.41) is 18.9. The fourth-order valence-electron chi connectivity index (χ4n) is 2.58. The van der Waals surface area contributed by atoms with Crippen molar-refractivity contribution in [2.45, 2.75) is 27.2 Å².